The summed E-state index contributed by atoms with van der Waals surface area (Å²) in [7, 11) is -1.46. The minimum Gasteiger partial charge on any atom is -0.522 e. The minimum atomic E-state index is -1.46. The van der Waals surface area contributed by atoms with Crippen molar-refractivity contribution in [3.63, 3.8) is 0 Å². The molecule has 0 fully saturated rings. The van der Waals surface area contributed by atoms with E-state index in [2.05, 4.69) is 6.58 Å². The van der Waals surface area contributed by atoms with Crippen LogP contribution in [-0.4, -0.2) is 17.2 Å². The maximum Gasteiger partial charge on any atom is 0.443 e. The largest absolute Gasteiger partial charge is 0.522 e. The molecule has 0 saturated carbocycles. The molecule has 0 spiro atoms. The van der Waals surface area contributed by atoms with Crippen LogP contribution in [0, 0.1) is 6.58 Å². The second-order valence-electron chi connectivity index (χ2n) is 0.606. The monoisotopic (exact) mass is 338 g/mol. The molecule has 0 bridgehead atoms. The van der Waals surface area contributed by atoms with E-state index in [-0.39, 0.29) is 0 Å². The molecule has 0 heterocycles. The normalized spacial score (nSPS) is 5.67. The first-order chi connectivity index (χ1) is 2.27. The second kappa shape index (κ2) is 3.72. The Morgan fingerprint density at radius 1 is 1.50 bits per heavy atom. The second-order valence-corrected chi connectivity index (χ2v) is 0.606. The van der Waals surface area contributed by atoms with E-state index >= 15 is 0 Å². The van der Waals surface area contributed by atoms with E-state index in [0.717, 1.165) is 5.98 Å². The Kier molecular flexibility index (Phi) is 5.48. The molecule has 0 aromatic heterocycles. The maximum atomic E-state index is 7.74. The SMILES string of the molecule is [CH-]=CB(O)O.[Rf]. The van der Waals surface area contributed by atoms with Crippen molar-refractivity contribution in [2.24, 2.45) is 0 Å². The van der Waals surface area contributed by atoms with Crippen molar-refractivity contribution in [1.82, 2.24) is 0 Å². The van der Waals surface area contributed by atoms with Crippen LogP contribution in [0.2, 0.25) is 0 Å². The van der Waals surface area contributed by atoms with E-state index in [9.17, 15) is 0 Å². The molecule has 0 aliphatic rings. The smallest absolute Gasteiger partial charge is 0.443 e. The topological polar surface area (TPSA) is 40.5 Å². The summed E-state index contributed by atoms with van der Waals surface area (Å²) >= 11 is 0. The number of rotatable bonds is 1. The van der Waals surface area contributed by atoms with Crippen LogP contribution in [-0.2, 0) is 0 Å². The van der Waals surface area contributed by atoms with Crippen molar-refractivity contribution in [3.05, 3.63) is 12.6 Å². The van der Waals surface area contributed by atoms with Crippen molar-refractivity contribution in [2.45, 2.75) is 0 Å². The van der Waals surface area contributed by atoms with Gasteiger partial charge in [0.15, 0.2) is 0 Å². The van der Waals surface area contributed by atoms with Crippen LogP contribution in [0.15, 0.2) is 5.98 Å². The predicted molar refractivity (Wildman–Crippen MR) is 19.1 cm³/mol. The first-order valence-electron chi connectivity index (χ1n) is 1.18. The molecule has 0 unspecified atom stereocenters. The van der Waals surface area contributed by atoms with Crippen LogP contribution >= 0.6 is 0 Å². The van der Waals surface area contributed by atoms with E-state index < -0.39 is 7.12 Å². The van der Waals surface area contributed by atoms with Crippen molar-refractivity contribution in [1.29, 1.82) is 0 Å². The summed E-state index contributed by atoms with van der Waals surface area (Å²) in [4.78, 5) is 0. The predicted octanol–water partition coefficient (Wildman–Crippen LogP) is -1.01. The Morgan fingerprint density at radius 3 is 1.67 bits per heavy atom. The van der Waals surface area contributed by atoms with Gasteiger partial charge in [0, 0.05) is 0 Å². The average molecular weight is 338 g/mol. The van der Waals surface area contributed by atoms with Gasteiger partial charge in [-0.1, -0.05) is 0 Å². The van der Waals surface area contributed by atoms with Crippen molar-refractivity contribution in [3.8, 4) is 0 Å². The van der Waals surface area contributed by atoms with Crippen LogP contribution in [0.25, 0.3) is 0 Å². The van der Waals surface area contributed by atoms with Gasteiger partial charge in [0.05, 0.1) is 0 Å². The fourth-order valence-corrected chi connectivity index (χ4v) is 0. The molecule has 0 aliphatic heterocycles. The van der Waals surface area contributed by atoms with Gasteiger partial charge in [-0.25, -0.2) is 5.98 Å². The maximum absolute atomic E-state index is 7.74. The zero-order valence-electron chi connectivity index (χ0n) is 3.33. The molecular formula is C2H4BO2Rf-. The van der Waals surface area contributed by atoms with Crippen LogP contribution < -0.4 is 0 Å². The van der Waals surface area contributed by atoms with Gasteiger partial charge in [0.1, 0.15) is 0 Å². The zero-order valence-corrected chi connectivity index (χ0v) is 9.73. The first kappa shape index (κ1) is 8.83. The third-order valence-corrected chi connectivity index (χ3v) is 0.172. The Labute approximate surface area is 30.9 Å². The van der Waals surface area contributed by atoms with Crippen LogP contribution in [0.4, 0.5) is 0 Å². The molecule has 6 heavy (non-hydrogen) atoms. The Morgan fingerprint density at radius 2 is 1.67 bits per heavy atom. The standard InChI is InChI=1S/C2H4BO2.Rf/c1-2-3(4)5;/h1-2,4-5H;/q-1;. The molecule has 4 heteroatoms. The molecule has 2 nitrogen and oxygen atoms in total. The van der Waals surface area contributed by atoms with Crippen molar-refractivity contribution in [2.75, 3.05) is 0 Å². The molecule has 0 rings (SSSR count). The molecule has 0 radical (unpaired) electrons. The van der Waals surface area contributed by atoms with Gasteiger partial charge in [-0.15, -0.1) is 0 Å². The molecule has 0 aliphatic carbocycles. The first-order valence-corrected chi connectivity index (χ1v) is 1.18. The number of hydrogen-bond donors (Lipinski definition) is 2. The van der Waals surface area contributed by atoms with E-state index in [1.54, 1.807) is 0 Å². The van der Waals surface area contributed by atoms with E-state index in [1.165, 1.54) is 0 Å². The third-order valence-electron chi connectivity index (χ3n) is 0.172. The molecular weight excluding hydrogens is 334 g/mol. The summed E-state index contributed by atoms with van der Waals surface area (Å²) in [5.74, 6) is 0.778. The van der Waals surface area contributed by atoms with Gasteiger partial charge < -0.3 is 16.6 Å². The average Bonchev–Trinajstić information content (AvgIpc) is 1.38. The molecule has 2 N–H and O–H groups in total. The fraction of sp³-hybridized carbons (Fsp3) is 0. The number of hydrogen-bond acceptors (Lipinski definition) is 2. The third kappa shape index (κ3) is 15.4. The van der Waals surface area contributed by atoms with Gasteiger partial charge in [-0.2, -0.15) is 0 Å². The molecule has 0 atom stereocenters. The summed E-state index contributed by atoms with van der Waals surface area (Å²) in [5.41, 5.74) is 0. The van der Waals surface area contributed by atoms with Crippen molar-refractivity contribution < 1.29 is 10.0 Å². The van der Waals surface area contributed by atoms with Gasteiger partial charge in [0.25, 0.3) is 0 Å². The van der Waals surface area contributed by atoms with E-state index in [0.29, 0.717) is 0 Å². The zero-order chi connectivity index (χ0) is 4.28. The van der Waals surface area contributed by atoms with Crippen LogP contribution in [0.5, 0.6) is 0 Å². The van der Waals surface area contributed by atoms with Gasteiger partial charge in [-0.3, -0.25) is 0 Å². The Balaban J connectivity index is 0. The molecule has 0 amide bonds. The summed E-state index contributed by atoms with van der Waals surface area (Å²) in [6, 6.07) is 0. The molecule has 30 valence electrons. The molecule has 0 aromatic carbocycles. The Hall–Kier alpha value is -1.28. The summed E-state index contributed by atoms with van der Waals surface area (Å²) in [6.07, 6.45) is 0. The summed E-state index contributed by atoms with van der Waals surface area (Å²) in [5, 5.41) is 15.5. The quantitative estimate of drug-likeness (QED) is 0.475. The summed E-state index contributed by atoms with van der Waals surface area (Å²) < 4.78 is 0. The minimum absolute atomic E-state index is 0. The van der Waals surface area contributed by atoms with E-state index in [1.807, 2.05) is 0 Å². The molecule has 0 saturated heterocycles. The molecule has 0 aromatic rings. The van der Waals surface area contributed by atoms with Gasteiger partial charge in [-0.05, 0) is 0 Å². The van der Waals surface area contributed by atoms with Crippen LogP contribution in [0.3, 0.4) is 0 Å². The van der Waals surface area contributed by atoms with Crippen LogP contribution in [0.1, 0.15) is 0 Å². The van der Waals surface area contributed by atoms with E-state index in [4.69, 9.17) is 10.0 Å². The summed E-state index contributed by atoms with van der Waals surface area (Å²) in [6.45, 7) is 4.55. The van der Waals surface area contributed by atoms with Gasteiger partial charge in [0.2, 0.25) is 0 Å². The van der Waals surface area contributed by atoms with Gasteiger partial charge >= 0.3 is 7.12 Å². The van der Waals surface area contributed by atoms with Crippen molar-refractivity contribution >= 4 is 7.12 Å². The fourth-order valence-electron chi connectivity index (χ4n) is 0. The Bertz CT molecular complexity index is 38.5.